The fourth-order valence-electron chi connectivity index (χ4n) is 2.54. The topological polar surface area (TPSA) is 63.6 Å². The largest absolute Gasteiger partial charge is 0.455 e. The summed E-state index contributed by atoms with van der Waals surface area (Å²) in [6.07, 6.45) is -0.0372. The van der Waals surface area contributed by atoms with Crippen LogP contribution in [0, 0.1) is 5.41 Å². The van der Waals surface area contributed by atoms with Gasteiger partial charge in [0, 0.05) is 11.8 Å². The summed E-state index contributed by atoms with van der Waals surface area (Å²) in [6, 6.07) is 8.62. The average molecular weight is 288 g/mol. The molecule has 0 saturated carbocycles. The van der Waals surface area contributed by atoms with Gasteiger partial charge in [-0.1, -0.05) is 32.0 Å². The first-order valence-electron chi connectivity index (χ1n) is 6.97. The zero-order chi connectivity index (χ0) is 15.6. The second-order valence-electron chi connectivity index (χ2n) is 6.12. The number of hydrogen-bond acceptors (Lipinski definition) is 4. The highest BCUT2D eigenvalue weighted by Gasteiger charge is 2.41. The molecule has 0 heterocycles. The standard InChI is InChI=1S/C17H20O4/c1-11-9-13(18)15(17(2,3)10-14(11)19)21-16(20)12-7-5-4-6-8-12/h4-9,13,15,18H,10H2,1-3H3. The second kappa shape index (κ2) is 5.82. The molecule has 0 bridgehead atoms. The molecule has 0 aromatic heterocycles. The van der Waals surface area contributed by atoms with E-state index in [4.69, 9.17) is 4.74 Å². The summed E-state index contributed by atoms with van der Waals surface area (Å²) in [5.74, 6) is -0.523. The Morgan fingerprint density at radius 1 is 1.29 bits per heavy atom. The number of hydrogen-bond donors (Lipinski definition) is 1. The lowest BCUT2D eigenvalue weighted by atomic mass is 9.80. The van der Waals surface area contributed by atoms with Crippen molar-refractivity contribution in [2.24, 2.45) is 5.41 Å². The third kappa shape index (κ3) is 3.39. The van der Waals surface area contributed by atoms with Crippen molar-refractivity contribution >= 4 is 11.8 Å². The molecule has 21 heavy (non-hydrogen) atoms. The molecule has 2 rings (SSSR count). The summed E-state index contributed by atoms with van der Waals surface area (Å²) in [4.78, 5) is 24.1. The summed E-state index contributed by atoms with van der Waals surface area (Å²) in [7, 11) is 0. The van der Waals surface area contributed by atoms with E-state index in [1.54, 1.807) is 31.2 Å². The zero-order valence-electron chi connectivity index (χ0n) is 12.5. The van der Waals surface area contributed by atoms with Crippen LogP contribution in [-0.4, -0.2) is 29.1 Å². The number of allylic oxidation sites excluding steroid dienone is 1. The highest BCUT2D eigenvalue weighted by Crippen LogP contribution is 2.35. The molecule has 4 nitrogen and oxygen atoms in total. The normalized spacial score (nSPS) is 25.0. The molecule has 0 aliphatic heterocycles. The molecular formula is C17H20O4. The molecule has 1 aromatic carbocycles. The molecule has 112 valence electrons. The lowest BCUT2D eigenvalue weighted by molar-refractivity contribution is -0.119. The molecule has 1 aliphatic rings. The number of carbonyl (C=O) groups is 2. The summed E-state index contributed by atoms with van der Waals surface area (Å²) in [5.41, 5.74) is 0.306. The maximum atomic E-state index is 12.2. The van der Waals surface area contributed by atoms with Crippen LogP contribution in [0.15, 0.2) is 42.0 Å². The van der Waals surface area contributed by atoms with Crippen molar-refractivity contribution in [1.29, 1.82) is 0 Å². The highest BCUT2D eigenvalue weighted by molar-refractivity contribution is 5.96. The Morgan fingerprint density at radius 3 is 2.52 bits per heavy atom. The van der Waals surface area contributed by atoms with Gasteiger partial charge in [0.2, 0.25) is 0 Å². The van der Waals surface area contributed by atoms with Gasteiger partial charge in [-0.25, -0.2) is 4.79 Å². The van der Waals surface area contributed by atoms with Crippen LogP contribution in [0.4, 0.5) is 0 Å². The Bertz CT molecular complexity index is 572. The monoisotopic (exact) mass is 288 g/mol. The van der Waals surface area contributed by atoms with Crippen LogP contribution >= 0.6 is 0 Å². The zero-order valence-corrected chi connectivity index (χ0v) is 12.5. The Balaban J connectivity index is 2.24. The molecule has 0 saturated heterocycles. The van der Waals surface area contributed by atoms with Crippen LogP contribution in [0.25, 0.3) is 0 Å². The van der Waals surface area contributed by atoms with Crippen LogP contribution < -0.4 is 0 Å². The van der Waals surface area contributed by atoms with E-state index in [2.05, 4.69) is 0 Å². The summed E-state index contributed by atoms with van der Waals surface area (Å²) >= 11 is 0. The molecule has 1 N–H and O–H groups in total. The van der Waals surface area contributed by atoms with Crippen LogP contribution in [0.2, 0.25) is 0 Å². The Kier molecular flexibility index (Phi) is 4.28. The molecular weight excluding hydrogens is 268 g/mol. The van der Waals surface area contributed by atoms with Crippen LogP contribution in [-0.2, 0) is 9.53 Å². The van der Waals surface area contributed by atoms with Crippen LogP contribution in [0.5, 0.6) is 0 Å². The fraction of sp³-hybridized carbons (Fsp3) is 0.412. The molecule has 0 amide bonds. The third-order valence-corrected chi connectivity index (χ3v) is 3.80. The van der Waals surface area contributed by atoms with E-state index in [-0.39, 0.29) is 12.2 Å². The molecule has 1 aliphatic carbocycles. The average Bonchev–Trinajstić information content (AvgIpc) is 2.50. The number of benzene rings is 1. The van der Waals surface area contributed by atoms with Crippen molar-refractivity contribution in [2.45, 2.75) is 39.4 Å². The maximum absolute atomic E-state index is 12.2. The van der Waals surface area contributed by atoms with Gasteiger partial charge in [0.15, 0.2) is 5.78 Å². The lowest BCUT2D eigenvalue weighted by Gasteiger charge is -2.33. The Hall–Kier alpha value is -1.94. The van der Waals surface area contributed by atoms with Crippen molar-refractivity contribution in [3.05, 3.63) is 47.5 Å². The quantitative estimate of drug-likeness (QED) is 0.849. The number of ether oxygens (including phenoxy) is 1. The predicted octanol–water partition coefficient (Wildman–Crippen LogP) is 2.52. The van der Waals surface area contributed by atoms with Crippen molar-refractivity contribution < 1.29 is 19.4 Å². The van der Waals surface area contributed by atoms with E-state index in [1.165, 1.54) is 6.08 Å². The highest BCUT2D eigenvalue weighted by atomic mass is 16.6. The van der Waals surface area contributed by atoms with E-state index in [1.807, 2.05) is 19.9 Å². The number of rotatable bonds is 2. The number of esters is 1. The number of Topliss-reactive ketones (excluding diaryl/α,β-unsaturated/α-hetero) is 1. The van der Waals surface area contributed by atoms with Crippen LogP contribution in [0.1, 0.15) is 37.6 Å². The summed E-state index contributed by atoms with van der Waals surface area (Å²) in [5, 5.41) is 10.3. The third-order valence-electron chi connectivity index (χ3n) is 3.80. The van der Waals surface area contributed by atoms with E-state index < -0.39 is 23.6 Å². The van der Waals surface area contributed by atoms with Gasteiger partial charge in [-0.05, 0) is 30.7 Å². The van der Waals surface area contributed by atoms with Gasteiger partial charge in [0.25, 0.3) is 0 Å². The Morgan fingerprint density at radius 2 is 1.90 bits per heavy atom. The smallest absolute Gasteiger partial charge is 0.338 e. The van der Waals surface area contributed by atoms with Crippen molar-refractivity contribution in [3.8, 4) is 0 Å². The lowest BCUT2D eigenvalue weighted by Crippen LogP contribution is -2.42. The van der Waals surface area contributed by atoms with Gasteiger partial charge in [-0.15, -0.1) is 0 Å². The van der Waals surface area contributed by atoms with Gasteiger partial charge >= 0.3 is 5.97 Å². The number of aliphatic hydroxyl groups is 1. The molecule has 2 atom stereocenters. The minimum atomic E-state index is -0.987. The van der Waals surface area contributed by atoms with Gasteiger partial charge in [-0.2, -0.15) is 0 Å². The van der Waals surface area contributed by atoms with Crippen molar-refractivity contribution in [2.75, 3.05) is 0 Å². The first-order chi connectivity index (χ1) is 9.81. The SMILES string of the molecule is CC1=CC(O)C(OC(=O)c2ccccc2)C(C)(C)CC1=O. The maximum Gasteiger partial charge on any atom is 0.338 e. The molecule has 0 fully saturated rings. The molecule has 0 radical (unpaired) electrons. The first-order valence-corrected chi connectivity index (χ1v) is 6.97. The first kappa shape index (κ1) is 15.4. The van der Waals surface area contributed by atoms with E-state index in [0.29, 0.717) is 11.1 Å². The van der Waals surface area contributed by atoms with Crippen molar-refractivity contribution in [3.63, 3.8) is 0 Å². The molecule has 0 spiro atoms. The second-order valence-corrected chi connectivity index (χ2v) is 6.12. The molecule has 1 aromatic rings. The van der Waals surface area contributed by atoms with E-state index in [0.717, 1.165) is 0 Å². The molecule has 4 heteroatoms. The summed E-state index contributed by atoms with van der Waals surface area (Å²) < 4.78 is 5.50. The summed E-state index contributed by atoms with van der Waals surface area (Å²) in [6.45, 7) is 5.32. The number of ketones is 1. The Labute approximate surface area is 124 Å². The van der Waals surface area contributed by atoms with E-state index in [9.17, 15) is 14.7 Å². The minimum Gasteiger partial charge on any atom is -0.455 e. The number of carbonyl (C=O) groups excluding carboxylic acids is 2. The van der Waals surface area contributed by atoms with Crippen molar-refractivity contribution in [1.82, 2.24) is 0 Å². The van der Waals surface area contributed by atoms with E-state index >= 15 is 0 Å². The fourth-order valence-corrected chi connectivity index (χ4v) is 2.54. The van der Waals surface area contributed by atoms with Gasteiger partial charge in [0.05, 0.1) is 5.56 Å². The van der Waals surface area contributed by atoms with Crippen LogP contribution in [0.3, 0.4) is 0 Å². The van der Waals surface area contributed by atoms with Gasteiger partial charge < -0.3 is 9.84 Å². The van der Waals surface area contributed by atoms with Gasteiger partial charge in [-0.3, -0.25) is 4.79 Å². The van der Waals surface area contributed by atoms with Gasteiger partial charge in [0.1, 0.15) is 12.2 Å². The number of aliphatic hydroxyl groups excluding tert-OH is 1. The minimum absolute atomic E-state index is 0.0303. The predicted molar refractivity (Wildman–Crippen MR) is 78.8 cm³/mol. The molecule has 2 unspecified atom stereocenters.